The van der Waals surface area contributed by atoms with Crippen molar-refractivity contribution in [1.29, 1.82) is 0 Å². The normalized spacial score (nSPS) is 14.2. The summed E-state index contributed by atoms with van der Waals surface area (Å²) in [6, 6.07) is 7.52. The highest BCUT2D eigenvalue weighted by molar-refractivity contribution is 7.13. The van der Waals surface area contributed by atoms with Gasteiger partial charge in [-0.1, -0.05) is 32.0 Å². The maximum absolute atomic E-state index is 13.5. The predicted molar refractivity (Wildman–Crippen MR) is 137 cm³/mol. The Morgan fingerprint density at radius 3 is 2.72 bits per heavy atom. The van der Waals surface area contributed by atoms with Crippen LogP contribution in [0.2, 0.25) is 0 Å². The van der Waals surface area contributed by atoms with Crippen LogP contribution in [0.1, 0.15) is 54.5 Å². The number of pyridine rings is 1. The monoisotopic (exact) mass is 510 g/mol. The van der Waals surface area contributed by atoms with Gasteiger partial charge in [0.1, 0.15) is 0 Å². The van der Waals surface area contributed by atoms with Gasteiger partial charge in [0.25, 0.3) is 5.91 Å². The van der Waals surface area contributed by atoms with E-state index in [-0.39, 0.29) is 12.4 Å². The van der Waals surface area contributed by atoms with Gasteiger partial charge in [0.15, 0.2) is 11.2 Å². The molecule has 36 heavy (non-hydrogen) atoms. The lowest BCUT2D eigenvalue weighted by Crippen LogP contribution is -2.35. The lowest BCUT2D eigenvalue weighted by molar-refractivity contribution is -0.142. The number of aromatic nitrogens is 2. The molecule has 0 aliphatic carbocycles. The highest BCUT2D eigenvalue weighted by Crippen LogP contribution is 2.29. The van der Waals surface area contributed by atoms with Crippen LogP contribution in [0, 0.1) is 0 Å². The van der Waals surface area contributed by atoms with E-state index in [1.54, 1.807) is 19.2 Å². The van der Waals surface area contributed by atoms with Gasteiger partial charge in [-0.3, -0.25) is 24.8 Å². The van der Waals surface area contributed by atoms with E-state index in [1.165, 1.54) is 11.3 Å². The van der Waals surface area contributed by atoms with Crippen LogP contribution in [-0.4, -0.2) is 58.5 Å². The number of fused-ring (bicyclic) bond motifs is 2. The first-order valence-corrected chi connectivity index (χ1v) is 13.1. The molecule has 1 unspecified atom stereocenters. The number of ether oxygens (including phenoxy) is 2. The average molecular weight is 511 g/mol. The minimum Gasteiger partial charge on any atom is -0.466 e. The van der Waals surface area contributed by atoms with E-state index < -0.39 is 18.0 Å². The molecule has 9 nitrogen and oxygen atoms in total. The number of benzene rings is 1. The maximum atomic E-state index is 13.5. The summed E-state index contributed by atoms with van der Waals surface area (Å²) < 4.78 is 10.7. The number of carbonyl (C=O) groups is 3. The van der Waals surface area contributed by atoms with Gasteiger partial charge in [-0.05, 0) is 26.0 Å². The van der Waals surface area contributed by atoms with Crippen molar-refractivity contribution < 1.29 is 23.9 Å². The van der Waals surface area contributed by atoms with Gasteiger partial charge in [0.05, 0.1) is 29.8 Å². The minimum absolute atomic E-state index is 0.0292. The number of para-hydroxylation sites is 1. The van der Waals surface area contributed by atoms with E-state index in [4.69, 9.17) is 14.5 Å². The number of nitrogens with zero attached hydrogens (tertiary/aromatic N) is 3. The van der Waals surface area contributed by atoms with E-state index in [9.17, 15) is 14.4 Å². The third-order valence-corrected chi connectivity index (χ3v) is 6.91. The Balaban J connectivity index is 1.53. The lowest BCUT2D eigenvalue weighted by atomic mass is 9.95. The number of thiazole rings is 1. The number of carbonyl (C=O) groups excluding carboxylic acids is 3. The molecule has 2 aromatic heterocycles. The van der Waals surface area contributed by atoms with Gasteiger partial charge in [0, 0.05) is 41.5 Å². The van der Waals surface area contributed by atoms with E-state index in [0.29, 0.717) is 36.0 Å². The summed E-state index contributed by atoms with van der Waals surface area (Å²) in [4.78, 5) is 49.5. The molecule has 3 aromatic rings. The van der Waals surface area contributed by atoms with Crippen molar-refractivity contribution >= 4 is 45.2 Å². The summed E-state index contributed by atoms with van der Waals surface area (Å²) in [6.07, 6.45) is 0.0830. The molecule has 3 heterocycles. The van der Waals surface area contributed by atoms with Gasteiger partial charge >= 0.3 is 11.9 Å². The molecule has 0 saturated heterocycles. The molecule has 0 radical (unpaired) electrons. The van der Waals surface area contributed by atoms with Crippen LogP contribution >= 0.6 is 11.3 Å². The SMILES string of the molecule is CCOC(=O)Cc1csc(NC(=O)C(CC)OC(=O)c2c3c(nc4ccccc24)CCN(CC)C3)n1. The molecule has 0 saturated carbocycles. The summed E-state index contributed by atoms with van der Waals surface area (Å²) in [6.45, 7) is 8.27. The van der Waals surface area contributed by atoms with Crippen molar-refractivity contribution in [3.63, 3.8) is 0 Å². The fourth-order valence-electron chi connectivity index (χ4n) is 4.25. The number of anilines is 1. The molecule has 4 rings (SSSR count). The molecule has 1 aliphatic rings. The van der Waals surface area contributed by atoms with Crippen LogP contribution in [0.4, 0.5) is 5.13 Å². The first-order valence-electron chi connectivity index (χ1n) is 12.2. The minimum atomic E-state index is -0.997. The molecule has 0 fully saturated rings. The first-order chi connectivity index (χ1) is 17.4. The topological polar surface area (TPSA) is 111 Å². The summed E-state index contributed by atoms with van der Waals surface area (Å²) >= 11 is 1.20. The Kier molecular flexibility index (Phi) is 8.27. The third kappa shape index (κ3) is 5.71. The molecular weight excluding hydrogens is 480 g/mol. The van der Waals surface area contributed by atoms with Crippen molar-refractivity contribution in [2.75, 3.05) is 25.0 Å². The second kappa shape index (κ2) is 11.6. The van der Waals surface area contributed by atoms with Crippen molar-refractivity contribution in [2.45, 2.75) is 52.7 Å². The maximum Gasteiger partial charge on any atom is 0.340 e. The first kappa shape index (κ1) is 25.7. The van der Waals surface area contributed by atoms with E-state index >= 15 is 0 Å². The number of rotatable bonds is 9. The number of amides is 1. The molecule has 190 valence electrons. The number of nitrogens with one attached hydrogen (secondary N) is 1. The Labute approximate surface area is 213 Å². The van der Waals surface area contributed by atoms with Gasteiger partial charge < -0.3 is 9.47 Å². The standard InChI is InChI=1S/C26H30N4O5S/c1-4-21(24(32)29-26-27-16(15-36-26)13-22(31)34-6-3)35-25(33)23-17-9-7-8-10-19(17)28-20-11-12-30(5-2)14-18(20)23/h7-10,15,21H,4-6,11-14H2,1-3H3,(H,27,29,32). The van der Waals surface area contributed by atoms with Crippen LogP contribution in [0.5, 0.6) is 0 Å². The van der Waals surface area contributed by atoms with Crippen LogP contribution in [0.3, 0.4) is 0 Å². The zero-order valence-corrected chi connectivity index (χ0v) is 21.5. The molecular formula is C26H30N4O5S. The van der Waals surface area contributed by atoms with E-state index in [1.807, 2.05) is 24.3 Å². The number of esters is 2. The summed E-state index contributed by atoms with van der Waals surface area (Å²) in [7, 11) is 0. The molecule has 0 bridgehead atoms. The summed E-state index contributed by atoms with van der Waals surface area (Å²) in [5, 5.41) is 5.45. The van der Waals surface area contributed by atoms with Crippen LogP contribution in [0.25, 0.3) is 10.9 Å². The van der Waals surface area contributed by atoms with Crippen LogP contribution in [0.15, 0.2) is 29.6 Å². The summed E-state index contributed by atoms with van der Waals surface area (Å²) in [5.41, 5.74) is 3.49. The van der Waals surface area contributed by atoms with Gasteiger partial charge in [-0.25, -0.2) is 9.78 Å². The summed E-state index contributed by atoms with van der Waals surface area (Å²) in [5.74, 6) is -1.38. The van der Waals surface area contributed by atoms with Crippen LogP contribution < -0.4 is 5.32 Å². The second-order valence-electron chi connectivity index (χ2n) is 8.47. The van der Waals surface area contributed by atoms with Gasteiger partial charge in [0.2, 0.25) is 0 Å². The molecule has 1 aromatic carbocycles. The molecule has 1 atom stereocenters. The molecule has 1 N–H and O–H groups in total. The smallest absolute Gasteiger partial charge is 0.340 e. The molecule has 1 amide bonds. The van der Waals surface area contributed by atoms with Crippen molar-refractivity contribution in [3.05, 3.63) is 52.2 Å². The fourth-order valence-corrected chi connectivity index (χ4v) is 4.96. The van der Waals surface area contributed by atoms with Crippen molar-refractivity contribution in [3.8, 4) is 0 Å². The molecule has 10 heteroatoms. The fraction of sp³-hybridized carbons (Fsp3) is 0.423. The van der Waals surface area contributed by atoms with Crippen LogP contribution in [-0.2, 0) is 38.4 Å². The highest BCUT2D eigenvalue weighted by atomic mass is 32.1. The van der Waals surface area contributed by atoms with Crippen molar-refractivity contribution in [2.24, 2.45) is 0 Å². The zero-order valence-electron chi connectivity index (χ0n) is 20.7. The average Bonchev–Trinajstić information content (AvgIpc) is 3.31. The predicted octanol–water partition coefficient (Wildman–Crippen LogP) is 3.75. The Morgan fingerprint density at radius 2 is 1.97 bits per heavy atom. The molecule has 0 spiro atoms. The third-order valence-electron chi connectivity index (χ3n) is 6.10. The number of hydrogen-bond acceptors (Lipinski definition) is 9. The lowest BCUT2D eigenvalue weighted by Gasteiger charge is -2.29. The number of hydrogen-bond donors (Lipinski definition) is 1. The molecule has 1 aliphatic heterocycles. The van der Waals surface area contributed by atoms with Gasteiger partial charge in [-0.2, -0.15) is 0 Å². The van der Waals surface area contributed by atoms with E-state index in [2.05, 4.69) is 22.1 Å². The Morgan fingerprint density at radius 1 is 1.17 bits per heavy atom. The highest BCUT2D eigenvalue weighted by Gasteiger charge is 2.29. The van der Waals surface area contributed by atoms with Gasteiger partial charge in [-0.15, -0.1) is 11.3 Å². The van der Waals surface area contributed by atoms with Crippen molar-refractivity contribution in [1.82, 2.24) is 14.9 Å². The Bertz CT molecular complexity index is 1270. The largest absolute Gasteiger partial charge is 0.466 e. The zero-order chi connectivity index (χ0) is 25.7. The number of likely N-dealkylation sites (N-methyl/N-ethyl adjacent to an activating group) is 1. The quantitative estimate of drug-likeness (QED) is 0.434. The van der Waals surface area contributed by atoms with E-state index in [0.717, 1.165) is 41.7 Å². The Hall–Kier alpha value is -3.37. The second-order valence-corrected chi connectivity index (χ2v) is 9.32.